The monoisotopic (exact) mass is 649 g/mol. The van der Waals surface area contributed by atoms with Crippen LogP contribution < -0.4 is 45.3 Å². The van der Waals surface area contributed by atoms with Crippen molar-refractivity contribution < 1.29 is 73.3 Å². The number of fused-ring (bicyclic) bond motifs is 1. The van der Waals surface area contributed by atoms with Crippen LogP contribution in [-0.4, -0.2) is 137 Å². The minimum Gasteiger partial charge on any atom is -0.543 e. The summed E-state index contributed by atoms with van der Waals surface area (Å²) in [5.41, 5.74) is -2.04. The molecule has 2 saturated heterocycles. The number of aliphatic hydroxyl groups is 1. The fourth-order valence-electron chi connectivity index (χ4n) is 4.58. The van der Waals surface area contributed by atoms with Gasteiger partial charge in [0.15, 0.2) is 0 Å². The van der Waals surface area contributed by atoms with Crippen molar-refractivity contribution in [3.63, 3.8) is 0 Å². The number of carboxylic acids is 1. The van der Waals surface area contributed by atoms with Crippen molar-refractivity contribution in [1.82, 2.24) is 45.5 Å². The largest absolute Gasteiger partial charge is 1.00 e. The first kappa shape index (κ1) is 34.7. The van der Waals surface area contributed by atoms with Crippen LogP contribution in [0.3, 0.4) is 0 Å². The minimum absolute atomic E-state index is 0. The van der Waals surface area contributed by atoms with Crippen LogP contribution in [0.25, 0.3) is 0 Å². The Bertz CT molecular complexity index is 1360. The average Bonchev–Trinajstić information content (AvgIpc) is 3.37. The molecule has 2 fully saturated rings. The number of carbonyl (C=O) groups excluding carboxylic acids is 6. The number of aliphatic carboxylic acids is 1. The molecule has 3 N–H and O–H groups in total. The Balaban J connectivity index is 0.00000506. The number of carboxylic acid groups (broad SMARTS) is 1. The maximum Gasteiger partial charge on any atom is 1.00 e. The number of nitrogens with zero attached hydrogens (tertiary/aromatic N) is 7. The van der Waals surface area contributed by atoms with Crippen molar-refractivity contribution in [2.24, 2.45) is 7.05 Å². The molecule has 0 aliphatic carbocycles. The number of tetrazole rings is 1. The fraction of sp³-hybridized carbons (Fsp3) is 0.591. The zero-order valence-corrected chi connectivity index (χ0v) is 27.6. The number of amides is 6. The minimum atomic E-state index is -2.04. The number of piperazine rings is 1. The third-order valence-corrected chi connectivity index (χ3v) is 9.34. The van der Waals surface area contributed by atoms with Crippen LogP contribution in [0.15, 0.2) is 16.4 Å². The number of methoxy groups -OCH3 is 1. The van der Waals surface area contributed by atoms with E-state index in [4.69, 9.17) is 4.74 Å². The summed E-state index contributed by atoms with van der Waals surface area (Å²) in [4.78, 5) is 79.0. The summed E-state index contributed by atoms with van der Waals surface area (Å²) in [6.45, 7) is 3.12. The molecule has 4 atom stereocenters. The van der Waals surface area contributed by atoms with E-state index in [0.29, 0.717) is 15.6 Å². The Morgan fingerprint density at radius 3 is 2.51 bits per heavy atom. The molecule has 228 valence electrons. The smallest absolute Gasteiger partial charge is 0.543 e. The van der Waals surface area contributed by atoms with Crippen LogP contribution in [0.5, 0.6) is 0 Å². The van der Waals surface area contributed by atoms with Gasteiger partial charge < -0.3 is 35.3 Å². The second-order valence-corrected chi connectivity index (χ2v) is 11.4. The molecule has 4 heterocycles. The van der Waals surface area contributed by atoms with Crippen LogP contribution in [0.1, 0.15) is 13.8 Å². The third-order valence-electron chi connectivity index (χ3n) is 6.87. The maximum absolute atomic E-state index is 13.4. The summed E-state index contributed by atoms with van der Waals surface area (Å²) < 4.78 is 6.81. The number of ether oxygens (including phenoxy) is 1. The summed E-state index contributed by atoms with van der Waals surface area (Å²) >= 11 is 2.28. The number of thioether (sulfide) groups is 2. The molecule has 0 bridgehead atoms. The molecule has 43 heavy (non-hydrogen) atoms. The van der Waals surface area contributed by atoms with Gasteiger partial charge in [-0.25, -0.2) is 9.48 Å². The van der Waals surface area contributed by atoms with E-state index >= 15 is 0 Å². The zero-order chi connectivity index (χ0) is 30.9. The van der Waals surface area contributed by atoms with Gasteiger partial charge in [-0.3, -0.25) is 29.0 Å². The maximum atomic E-state index is 13.4. The fourth-order valence-corrected chi connectivity index (χ4v) is 7.01. The molecule has 1 aromatic rings. The van der Waals surface area contributed by atoms with E-state index in [2.05, 4.69) is 26.2 Å². The van der Waals surface area contributed by atoms with E-state index in [9.17, 15) is 39.0 Å². The Kier molecular flexibility index (Phi) is 11.2. The molecule has 4 rings (SSSR count). The number of rotatable bonds is 10. The number of urea groups is 1. The average molecular weight is 650 g/mol. The number of nitrogens with one attached hydrogen (secondary N) is 2. The van der Waals surface area contributed by atoms with Gasteiger partial charge in [0.25, 0.3) is 11.6 Å². The van der Waals surface area contributed by atoms with Crippen molar-refractivity contribution in [2.75, 3.05) is 38.2 Å². The van der Waals surface area contributed by atoms with Gasteiger partial charge in [-0.15, -0.1) is 16.9 Å². The molecule has 0 aromatic carbocycles. The number of carbonyl (C=O) groups is 6. The summed E-state index contributed by atoms with van der Waals surface area (Å²) in [6, 6.07) is -2.76. The van der Waals surface area contributed by atoms with Crippen molar-refractivity contribution in [2.45, 2.75) is 42.2 Å². The summed E-state index contributed by atoms with van der Waals surface area (Å²) in [5.74, 6) is -5.27. The van der Waals surface area contributed by atoms with Crippen LogP contribution in [0.2, 0.25) is 0 Å². The summed E-state index contributed by atoms with van der Waals surface area (Å²) in [7, 11) is 2.75. The molecule has 0 radical (unpaired) electrons. The topological polar surface area (TPSA) is 232 Å². The van der Waals surface area contributed by atoms with E-state index < -0.39 is 58.9 Å². The molecule has 0 spiro atoms. The van der Waals surface area contributed by atoms with E-state index in [-0.39, 0.29) is 66.4 Å². The molecule has 3 unspecified atom stereocenters. The predicted molar refractivity (Wildman–Crippen MR) is 140 cm³/mol. The molecular formula is C22H28N9NaO9S2. The molecule has 21 heteroatoms. The van der Waals surface area contributed by atoms with Gasteiger partial charge in [-0.05, 0) is 29.8 Å². The van der Waals surface area contributed by atoms with Gasteiger partial charge in [0.2, 0.25) is 11.1 Å². The second kappa shape index (κ2) is 13.9. The quantitative estimate of drug-likeness (QED) is 0.0703. The molecule has 6 amide bonds. The van der Waals surface area contributed by atoms with Crippen molar-refractivity contribution in [3.05, 3.63) is 11.3 Å². The normalized spacial score (nSPS) is 23.2. The number of likely N-dealkylation sites (N-methyl/N-ethyl adjacent to an activating group) is 1. The number of aliphatic hydroxyl groups excluding tert-OH is 1. The number of hydrogen-bond donors (Lipinski definition) is 3. The number of aromatic nitrogens is 4. The van der Waals surface area contributed by atoms with E-state index in [1.807, 2.05) is 0 Å². The summed E-state index contributed by atoms with van der Waals surface area (Å²) in [5, 5.41) is 37.5. The van der Waals surface area contributed by atoms with Gasteiger partial charge in [-0.2, -0.15) is 0 Å². The Labute approximate surface area is 275 Å². The molecule has 3 aliphatic heterocycles. The molecule has 18 nitrogen and oxygen atoms in total. The Morgan fingerprint density at radius 1 is 1.26 bits per heavy atom. The second-order valence-electron chi connectivity index (χ2n) is 9.39. The van der Waals surface area contributed by atoms with Crippen molar-refractivity contribution in [1.29, 1.82) is 0 Å². The first-order chi connectivity index (χ1) is 19.9. The molecule has 3 aliphatic rings. The van der Waals surface area contributed by atoms with Gasteiger partial charge in [0, 0.05) is 45.3 Å². The van der Waals surface area contributed by atoms with E-state index in [1.54, 1.807) is 14.0 Å². The zero-order valence-electron chi connectivity index (χ0n) is 23.9. The first-order valence-corrected chi connectivity index (χ1v) is 14.6. The van der Waals surface area contributed by atoms with Crippen LogP contribution in [0.4, 0.5) is 4.79 Å². The number of β-lactam (4-membered cyclic amide) rings is 1. The summed E-state index contributed by atoms with van der Waals surface area (Å²) in [6.07, 6.45) is -1.51. The van der Waals surface area contributed by atoms with Gasteiger partial charge in [-0.1, -0.05) is 11.8 Å². The number of aryl methyl sites for hydroxylation is 1. The van der Waals surface area contributed by atoms with Crippen molar-refractivity contribution >= 4 is 59.2 Å². The van der Waals surface area contributed by atoms with Gasteiger partial charge in [0.05, 0.1) is 17.8 Å². The SMILES string of the molecule is CCN1CCN(C(=O)NC(C(=O)N[C@]2(OC)C(=O)N3C(C(=O)[O-])=C(CSc4nnnn4C)CSC32)C(C)O)C(=O)C1=O.[Na+]. The van der Waals surface area contributed by atoms with Crippen molar-refractivity contribution in [3.8, 4) is 0 Å². The standard InChI is InChI=1S/C22H29N9O9S2.Na/c1-5-29-6-7-30(16(35)15(29)34)20(39)23-12(10(2)32)14(33)24-22(40-4)18(38)31-13(17(36)37)11(8-41-19(22)31)9-42-21-25-26-27-28(21)3;/h10,12,19,32H,5-9H2,1-4H3,(H,23,39)(H,24,33)(H,36,37);/q;+1/p-1/t10?,12?,19?,22-;/m0./s1. The Hall–Kier alpha value is -2.75. The predicted octanol–water partition coefficient (Wildman–Crippen LogP) is -7.17. The molecule has 0 saturated carbocycles. The van der Waals surface area contributed by atoms with Gasteiger partial charge >= 0.3 is 47.4 Å². The van der Waals surface area contributed by atoms with Crippen LogP contribution in [0, 0.1) is 0 Å². The van der Waals surface area contributed by atoms with Crippen LogP contribution in [-0.2, 0) is 35.8 Å². The molecular weight excluding hydrogens is 621 g/mol. The van der Waals surface area contributed by atoms with Crippen LogP contribution >= 0.6 is 23.5 Å². The molecule has 1 aromatic heterocycles. The first-order valence-electron chi connectivity index (χ1n) is 12.6. The Morgan fingerprint density at radius 2 is 1.95 bits per heavy atom. The van der Waals surface area contributed by atoms with Gasteiger partial charge in [0.1, 0.15) is 11.4 Å². The third kappa shape index (κ3) is 6.40. The van der Waals surface area contributed by atoms with E-state index in [0.717, 1.165) is 35.5 Å². The van der Waals surface area contributed by atoms with E-state index in [1.165, 1.54) is 16.5 Å². The number of imide groups is 1. The number of hydrogen-bond acceptors (Lipinski definition) is 14.